The third-order valence-corrected chi connectivity index (χ3v) is 4.74. The Morgan fingerprint density at radius 1 is 1.21 bits per heavy atom. The Kier molecular flexibility index (Phi) is 5.20. The van der Waals surface area contributed by atoms with Gasteiger partial charge >= 0.3 is 17.3 Å². The molecule has 0 unspecified atom stereocenters. The predicted molar refractivity (Wildman–Crippen MR) is 106 cm³/mol. The molecule has 1 aromatic heterocycles. The highest BCUT2D eigenvalue weighted by molar-refractivity contribution is 5.96. The number of benzene rings is 1. The van der Waals surface area contributed by atoms with Gasteiger partial charge in [-0.2, -0.15) is 0 Å². The Morgan fingerprint density at radius 2 is 1.83 bits per heavy atom. The molecule has 0 saturated carbocycles. The summed E-state index contributed by atoms with van der Waals surface area (Å²) in [6.07, 6.45) is -0.466. The van der Waals surface area contributed by atoms with Crippen LogP contribution in [-0.4, -0.2) is 52.3 Å². The number of amides is 1. The standard InChI is InChI=1S/C19H23FN4O5/c1-19(2,3)29-18(26)23-9-7-22(8-10-23)15-13-11-12(20)5-6-14(13)21(4)17(25)16(15)24(27)28/h5-6,11H,7-10H2,1-4H3. The lowest BCUT2D eigenvalue weighted by Gasteiger charge is -2.36. The Labute approximate surface area is 166 Å². The fourth-order valence-electron chi connectivity index (χ4n) is 3.41. The number of hydrogen-bond donors (Lipinski definition) is 0. The highest BCUT2D eigenvalue weighted by Gasteiger charge is 2.32. The number of pyridine rings is 1. The number of carbonyl (C=O) groups is 1. The molecule has 0 atom stereocenters. The number of hydrogen-bond acceptors (Lipinski definition) is 6. The van der Waals surface area contributed by atoms with Crippen LogP contribution in [0, 0.1) is 15.9 Å². The number of nitrogens with zero attached hydrogens (tertiary/aromatic N) is 4. The van der Waals surface area contributed by atoms with Gasteiger partial charge in [-0.05, 0) is 39.0 Å². The zero-order valence-electron chi connectivity index (χ0n) is 16.8. The van der Waals surface area contributed by atoms with Gasteiger partial charge in [-0.3, -0.25) is 14.9 Å². The Morgan fingerprint density at radius 3 is 2.38 bits per heavy atom. The quantitative estimate of drug-likeness (QED) is 0.562. The number of rotatable bonds is 2. The van der Waals surface area contributed by atoms with E-state index in [0.29, 0.717) is 5.52 Å². The predicted octanol–water partition coefficient (Wildman–Crippen LogP) is 2.64. The molecule has 1 saturated heterocycles. The van der Waals surface area contributed by atoms with Crippen LogP contribution in [0.2, 0.25) is 0 Å². The van der Waals surface area contributed by atoms with E-state index in [9.17, 15) is 24.1 Å². The van der Waals surface area contributed by atoms with Crippen LogP contribution in [0.5, 0.6) is 0 Å². The Bertz CT molecular complexity index is 1040. The van der Waals surface area contributed by atoms with Gasteiger partial charge in [0.15, 0.2) is 0 Å². The van der Waals surface area contributed by atoms with Crippen LogP contribution in [0.1, 0.15) is 20.8 Å². The molecule has 1 aliphatic rings. The summed E-state index contributed by atoms with van der Waals surface area (Å²) in [5, 5.41) is 12.0. The molecule has 1 amide bonds. The first-order valence-corrected chi connectivity index (χ1v) is 9.19. The number of anilines is 1. The molecule has 1 aromatic carbocycles. The lowest BCUT2D eigenvalue weighted by molar-refractivity contribution is -0.385. The minimum Gasteiger partial charge on any atom is -0.444 e. The van der Waals surface area contributed by atoms with E-state index in [-0.39, 0.29) is 37.3 Å². The van der Waals surface area contributed by atoms with E-state index in [1.54, 1.807) is 25.7 Å². The number of aryl methyl sites for hydroxylation is 1. The summed E-state index contributed by atoms with van der Waals surface area (Å²) in [5.41, 5.74) is -1.52. The second kappa shape index (κ2) is 7.34. The minimum absolute atomic E-state index is 0.0800. The molecule has 0 radical (unpaired) electrons. The Balaban J connectivity index is 2.00. The van der Waals surface area contributed by atoms with Crippen molar-refractivity contribution in [1.82, 2.24) is 9.47 Å². The fraction of sp³-hybridized carbons (Fsp3) is 0.474. The van der Waals surface area contributed by atoms with Crippen LogP contribution in [0.25, 0.3) is 10.9 Å². The van der Waals surface area contributed by atoms with Crippen molar-refractivity contribution in [1.29, 1.82) is 0 Å². The number of piperazine rings is 1. The molecule has 0 aliphatic carbocycles. The Hall–Kier alpha value is -3.17. The fourth-order valence-corrected chi connectivity index (χ4v) is 3.41. The molecule has 2 aromatic rings. The van der Waals surface area contributed by atoms with Crippen molar-refractivity contribution >= 4 is 28.4 Å². The monoisotopic (exact) mass is 406 g/mol. The first kappa shape index (κ1) is 20.6. The number of nitro groups is 1. The minimum atomic E-state index is -0.765. The van der Waals surface area contributed by atoms with E-state index in [0.717, 1.165) is 4.57 Å². The summed E-state index contributed by atoms with van der Waals surface area (Å²) in [4.78, 5) is 39.0. The summed E-state index contributed by atoms with van der Waals surface area (Å²) >= 11 is 0. The van der Waals surface area contributed by atoms with Gasteiger partial charge < -0.3 is 19.1 Å². The zero-order chi connectivity index (χ0) is 21.5. The molecule has 0 spiro atoms. The van der Waals surface area contributed by atoms with Crippen molar-refractivity contribution in [3.8, 4) is 0 Å². The molecule has 9 nitrogen and oxygen atoms in total. The zero-order valence-corrected chi connectivity index (χ0v) is 16.8. The summed E-state index contributed by atoms with van der Waals surface area (Å²) in [6, 6.07) is 3.82. The number of carbonyl (C=O) groups excluding carboxylic acids is 1. The number of ether oxygens (including phenoxy) is 1. The molecule has 1 aliphatic heterocycles. The molecule has 1 fully saturated rings. The topological polar surface area (TPSA) is 97.9 Å². The van der Waals surface area contributed by atoms with E-state index < -0.39 is 33.7 Å². The van der Waals surface area contributed by atoms with Gasteiger partial charge in [0.2, 0.25) is 0 Å². The first-order chi connectivity index (χ1) is 13.5. The van der Waals surface area contributed by atoms with E-state index in [1.165, 1.54) is 30.1 Å². The van der Waals surface area contributed by atoms with Crippen LogP contribution < -0.4 is 10.5 Å². The molecule has 10 heteroatoms. The lowest BCUT2D eigenvalue weighted by Crippen LogP contribution is -2.50. The number of fused-ring (bicyclic) bond motifs is 1. The van der Waals surface area contributed by atoms with Gasteiger partial charge in [-0.25, -0.2) is 9.18 Å². The van der Waals surface area contributed by atoms with Crippen LogP contribution in [-0.2, 0) is 11.8 Å². The molecule has 0 N–H and O–H groups in total. The summed E-state index contributed by atoms with van der Waals surface area (Å²) in [6.45, 7) is 6.33. The molecule has 3 rings (SSSR count). The average molecular weight is 406 g/mol. The highest BCUT2D eigenvalue weighted by Crippen LogP contribution is 2.34. The van der Waals surface area contributed by atoms with Gasteiger partial charge in [0.1, 0.15) is 17.1 Å². The van der Waals surface area contributed by atoms with Crippen molar-refractivity contribution in [2.75, 3.05) is 31.1 Å². The molecular weight excluding hydrogens is 383 g/mol. The summed E-state index contributed by atoms with van der Waals surface area (Å²) in [5.74, 6) is -0.556. The number of aromatic nitrogens is 1. The van der Waals surface area contributed by atoms with Gasteiger partial charge in [-0.1, -0.05) is 0 Å². The van der Waals surface area contributed by atoms with E-state index >= 15 is 0 Å². The van der Waals surface area contributed by atoms with Crippen LogP contribution in [0.3, 0.4) is 0 Å². The normalized spacial score (nSPS) is 14.9. The van der Waals surface area contributed by atoms with Crippen LogP contribution in [0.4, 0.5) is 20.6 Å². The van der Waals surface area contributed by atoms with E-state index in [4.69, 9.17) is 4.74 Å². The maximum atomic E-state index is 13.9. The van der Waals surface area contributed by atoms with E-state index in [1.807, 2.05) is 0 Å². The second-order valence-electron chi connectivity index (χ2n) is 7.93. The van der Waals surface area contributed by atoms with Crippen molar-refractivity contribution in [3.05, 3.63) is 44.5 Å². The van der Waals surface area contributed by atoms with Crippen molar-refractivity contribution < 1.29 is 18.8 Å². The average Bonchev–Trinajstić information content (AvgIpc) is 2.62. The van der Waals surface area contributed by atoms with E-state index in [2.05, 4.69) is 0 Å². The van der Waals surface area contributed by atoms with Crippen molar-refractivity contribution in [2.45, 2.75) is 26.4 Å². The third-order valence-electron chi connectivity index (χ3n) is 4.74. The molecule has 156 valence electrons. The summed E-state index contributed by atoms with van der Waals surface area (Å²) in [7, 11) is 1.42. The third kappa shape index (κ3) is 4.01. The first-order valence-electron chi connectivity index (χ1n) is 9.19. The molecule has 2 heterocycles. The van der Waals surface area contributed by atoms with Crippen LogP contribution in [0.15, 0.2) is 23.0 Å². The second-order valence-corrected chi connectivity index (χ2v) is 7.93. The van der Waals surface area contributed by atoms with Crippen molar-refractivity contribution in [2.24, 2.45) is 7.05 Å². The molecule has 0 bridgehead atoms. The lowest BCUT2D eigenvalue weighted by atomic mass is 10.1. The highest BCUT2D eigenvalue weighted by atomic mass is 19.1. The van der Waals surface area contributed by atoms with Crippen molar-refractivity contribution in [3.63, 3.8) is 0 Å². The van der Waals surface area contributed by atoms with Gasteiger partial charge in [0, 0.05) is 38.6 Å². The maximum absolute atomic E-state index is 13.9. The SMILES string of the molecule is Cn1c(=O)c([N+](=O)[O-])c(N2CCN(C(=O)OC(C)(C)C)CC2)c2cc(F)ccc21. The molecule has 29 heavy (non-hydrogen) atoms. The molecular formula is C19H23FN4O5. The summed E-state index contributed by atoms with van der Waals surface area (Å²) < 4.78 is 20.4. The number of halogens is 1. The smallest absolute Gasteiger partial charge is 0.410 e. The van der Waals surface area contributed by atoms with Gasteiger partial charge in [0.25, 0.3) is 0 Å². The van der Waals surface area contributed by atoms with Gasteiger partial charge in [0.05, 0.1) is 10.4 Å². The van der Waals surface area contributed by atoms with Gasteiger partial charge in [-0.15, -0.1) is 0 Å². The largest absolute Gasteiger partial charge is 0.444 e. The van der Waals surface area contributed by atoms with Crippen LogP contribution >= 0.6 is 0 Å². The maximum Gasteiger partial charge on any atom is 0.410 e.